The van der Waals surface area contributed by atoms with E-state index in [-0.39, 0.29) is 0 Å². The van der Waals surface area contributed by atoms with Crippen molar-refractivity contribution in [2.24, 2.45) is 10.7 Å². The number of halogens is 1. The van der Waals surface area contributed by atoms with Crippen LogP contribution in [-0.2, 0) is 0 Å². The smallest absolute Gasteiger partial charge is 0.0496 e. The van der Waals surface area contributed by atoms with Crippen LogP contribution in [-0.4, -0.2) is 12.8 Å². The standard InChI is InChI=1S/C5H7IN2/c6-4-3-8-2-1-5(4)7/h3H,1-2,7H2. The van der Waals surface area contributed by atoms with Crippen molar-refractivity contribution in [3.05, 3.63) is 9.28 Å². The molecule has 0 fully saturated rings. The van der Waals surface area contributed by atoms with Crippen LogP contribution in [0.3, 0.4) is 0 Å². The molecule has 0 atom stereocenters. The Labute approximate surface area is 62.0 Å². The lowest BCUT2D eigenvalue weighted by Crippen LogP contribution is -2.05. The highest BCUT2D eigenvalue weighted by molar-refractivity contribution is 14.1. The molecule has 1 rings (SSSR count). The number of hydrogen-bond donors (Lipinski definition) is 1. The van der Waals surface area contributed by atoms with Crippen molar-refractivity contribution in [2.75, 3.05) is 6.54 Å². The van der Waals surface area contributed by atoms with Crippen LogP contribution in [0.4, 0.5) is 0 Å². The molecule has 0 aromatic rings. The van der Waals surface area contributed by atoms with Gasteiger partial charge in [-0.3, -0.25) is 4.99 Å². The zero-order valence-corrected chi connectivity index (χ0v) is 6.55. The minimum atomic E-state index is 0.859. The summed E-state index contributed by atoms with van der Waals surface area (Å²) in [5.74, 6) is 0. The predicted octanol–water partition coefficient (Wildman–Crippen LogP) is 1.07. The summed E-state index contributed by atoms with van der Waals surface area (Å²) < 4.78 is 1.09. The molecule has 2 N–H and O–H groups in total. The zero-order chi connectivity index (χ0) is 5.98. The zero-order valence-electron chi connectivity index (χ0n) is 4.39. The van der Waals surface area contributed by atoms with Gasteiger partial charge in [0.15, 0.2) is 0 Å². The SMILES string of the molecule is NC1=C(I)C=NCC1. The molecule has 8 heavy (non-hydrogen) atoms. The van der Waals surface area contributed by atoms with Crippen molar-refractivity contribution in [3.63, 3.8) is 0 Å². The third kappa shape index (κ3) is 1.21. The van der Waals surface area contributed by atoms with E-state index >= 15 is 0 Å². The number of nitrogens with zero attached hydrogens (tertiary/aromatic N) is 1. The van der Waals surface area contributed by atoms with Gasteiger partial charge in [0, 0.05) is 28.5 Å². The van der Waals surface area contributed by atoms with Crippen molar-refractivity contribution in [1.29, 1.82) is 0 Å². The Bertz CT molecular complexity index is 149. The largest absolute Gasteiger partial charge is 0.401 e. The maximum Gasteiger partial charge on any atom is 0.0496 e. The second-order valence-corrected chi connectivity index (χ2v) is 2.82. The first-order chi connectivity index (χ1) is 3.80. The third-order valence-corrected chi connectivity index (χ3v) is 1.99. The first-order valence-corrected chi connectivity index (χ1v) is 3.52. The van der Waals surface area contributed by atoms with Gasteiger partial charge in [-0.1, -0.05) is 0 Å². The Kier molecular flexibility index (Phi) is 1.88. The van der Waals surface area contributed by atoms with Gasteiger partial charge in [0.1, 0.15) is 0 Å². The molecule has 2 nitrogen and oxygen atoms in total. The molecule has 0 spiro atoms. The molecule has 1 aliphatic heterocycles. The minimum Gasteiger partial charge on any atom is -0.401 e. The van der Waals surface area contributed by atoms with Crippen molar-refractivity contribution in [3.8, 4) is 0 Å². The Morgan fingerprint density at radius 2 is 2.50 bits per heavy atom. The summed E-state index contributed by atoms with van der Waals surface area (Å²) in [4.78, 5) is 4.04. The fourth-order valence-corrected chi connectivity index (χ4v) is 0.999. The van der Waals surface area contributed by atoms with Crippen molar-refractivity contribution >= 4 is 28.8 Å². The number of dihydropyridines is 1. The lowest BCUT2D eigenvalue weighted by atomic mass is 10.3. The maximum atomic E-state index is 5.56. The summed E-state index contributed by atoms with van der Waals surface area (Å²) in [6.45, 7) is 0.859. The summed E-state index contributed by atoms with van der Waals surface area (Å²) in [6.07, 6.45) is 2.74. The number of rotatable bonds is 0. The molecule has 0 aliphatic carbocycles. The Balaban J connectivity index is 2.76. The monoisotopic (exact) mass is 222 g/mol. The highest BCUT2D eigenvalue weighted by Gasteiger charge is 1.99. The molecule has 1 heterocycles. The Morgan fingerprint density at radius 3 is 2.88 bits per heavy atom. The molecule has 1 aliphatic rings. The first-order valence-electron chi connectivity index (χ1n) is 2.44. The highest BCUT2D eigenvalue weighted by Crippen LogP contribution is 2.12. The van der Waals surface area contributed by atoms with E-state index in [1.807, 2.05) is 6.21 Å². The summed E-state index contributed by atoms with van der Waals surface area (Å²) in [5, 5.41) is 0. The lowest BCUT2D eigenvalue weighted by molar-refractivity contribution is 0.927. The van der Waals surface area contributed by atoms with E-state index in [0.29, 0.717) is 0 Å². The first kappa shape index (κ1) is 6.07. The average Bonchev–Trinajstić information content (AvgIpc) is 1.77. The summed E-state index contributed by atoms with van der Waals surface area (Å²) in [6, 6.07) is 0. The predicted molar refractivity (Wildman–Crippen MR) is 43.2 cm³/mol. The van der Waals surface area contributed by atoms with E-state index in [4.69, 9.17) is 5.73 Å². The molecule has 0 bridgehead atoms. The van der Waals surface area contributed by atoms with Gasteiger partial charge in [0.05, 0.1) is 0 Å². The summed E-state index contributed by atoms with van der Waals surface area (Å²) in [5.41, 5.74) is 6.53. The van der Waals surface area contributed by atoms with Crippen LogP contribution in [0.15, 0.2) is 14.3 Å². The van der Waals surface area contributed by atoms with Gasteiger partial charge in [-0.2, -0.15) is 0 Å². The van der Waals surface area contributed by atoms with E-state index < -0.39 is 0 Å². The third-order valence-electron chi connectivity index (χ3n) is 1.02. The van der Waals surface area contributed by atoms with E-state index in [1.165, 1.54) is 0 Å². The van der Waals surface area contributed by atoms with Crippen molar-refractivity contribution in [2.45, 2.75) is 6.42 Å². The normalized spacial score (nSPS) is 19.6. The highest BCUT2D eigenvalue weighted by atomic mass is 127. The van der Waals surface area contributed by atoms with Crippen LogP contribution in [0.1, 0.15) is 6.42 Å². The Morgan fingerprint density at radius 1 is 1.75 bits per heavy atom. The second-order valence-electron chi connectivity index (χ2n) is 1.66. The molecule has 0 saturated heterocycles. The van der Waals surface area contributed by atoms with Gasteiger partial charge in [-0.05, 0) is 22.6 Å². The summed E-state index contributed by atoms with van der Waals surface area (Å²) >= 11 is 2.19. The summed E-state index contributed by atoms with van der Waals surface area (Å²) in [7, 11) is 0. The number of allylic oxidation sites excluding steroid dienone is 1. The van der Waals surface area contributed by atoms with Crippen LogP contribution < -0.4 is 5.73 Å². The van der Waals surface area contributed by atoms with Crippen LogP contribution in [0.25, 0.3) is 0 Å². The molecular weight excluding hydrogens is 215 g/mol. The Hall–Kier alpha value is -0.0600. The molecule has 0 saturated carbocycles. The average molecular weight is 222 g/mol. The molecule has 0 amide bonds. The fraction of sp³-hybridized carbons (Fsp3) is 0.400. The topological polar surface area (TPSA) is 38.4 Å². The second kappa shape index (κ2) is 2.48. The molecule has 0 aromatic carbocycles. The van der Waals surface area contributed by atoms with E-state index in [1.54, 1.807) is 0 Å². The van der Waals surface area contributed by atoms with Crippen LogP contribution in [0.2, 0.25) is 0 Å². The molecule has 0 radical (unpaired) electrons. The van der Waals surface area contributed by atoms with Crippen LogP contribution >= 0.6 is 22.6 Å². The molecule has 44 valence electrons. The molecular formula is C5H7IN2. The van der Waals surface area contributed by atoms with Crippen LogP contribution in [0.5, 0.6) is 0 Å². The number of nitrogens with two attached hydrogens (primary N) is 1. The van der Waals surface area contributed by atoms with Gasteiger partial charge < -0.3 is 5.73 Å². The number of hydrogen-bond acceptors (Lipinski definition) is 2. The minimum absolute atomic E-state index is 0.859. The quantitative estimate of drug-likeness (QED) is 0.611. The lowest BCUT2D eigenvalue weighted by Gasteiger charge is -2.04. The molecule has 3 heteroatoms. The molecule has 0 unspecified atom stereocenters. The van der Waals surface area contributed by atoms with Gasteiger partial charge in [-0.15, -0.1) is 0 Å². The fourth-order valence-electron chi connectivity index (χ4n) is 0.532. The number of aliphatic imine (C=N–C) groups is 1. The van der Waals surface area contributed by atoms with Crippen molar-refractivity contribution < 1.29 is 0 Å². The van der Waals surface area contributed by atoms with Gasteiger partial charge >= 0.3 is 0 Å². The maximum absolute atomic E-state index is 5.56. The van der Waals surface area contributed by atoms with E-state index in [9.17, 15) is 0 Å². The van der Waals surface area contributed by atoms with Gasteiger partial charge in [0.25, 0.3) is 0 Å². The van der Waals surface area contributed by atoms with Gasteiger partial charge in [-0.25, -0.2) is 0 Å². The van der Waals surface area contributed by atoms with E-state index in [2.05, 4.69) is 27.6 Å². The van der Waals surface area contributed by atoms with Crippen molar-refractivity contribution in [1.82, 2.24) is 0 Å². The molecule has 0 aromatic heterocycles. The van der Waals surface area contributed by atoms with Crippen LogP contribution in [0, 0.1) is 0 Å². The van der Waals surface area contributed by atoms with Gasteiger partial charge in [0.2, 0.25) is 0 Å². The van der Waals surface area contributed by atoms with E-state index in [0.717, 1.165) is 22.2 Å².